The molecule has 3 rings (SSSR count). The van der Waals surface area contributed by atoms with Crippen LogP contribution in [0.1, 0.15) is 32.3 Å². The maximum Gasteiger partial charge on any atom is 0.353 e. The number of esters is 2. The van der Waals surface area contributed by atoms with E-state index in [4.69, 9.17) is 23.7 Å². The van der Waals surface area contributed by atoms with Crippen LogP contribution in [0.5, 0.6) is 0 Å². The van der Waals surface area contributed by atoms with Gasteiger partial charge in [-0.3, -0.25) is 14.2 Å². The Labute approximate surface area is 147 Å². The molecule has 1 aliphatic rings. The van der Waals surface area contributed by atoms with Crippen LogP contribution in [0.15, 0.2) is 21.5 Å². The summed E-state index contributed by atoms with van der Waals surface area (Å²) in [6, 6.07) is 1.56. The van der Waals surface area contributed by atoms with Crippen LogP contribution in [-0.4, -0.2) is 45.4 Å². The first-order valence-corrected chi connectivity index (χ1v) is 7.96. The second-order valence-electron chi connectivity index (χ2n) is 5.88. The average Bonchev–Trinajstić information content (AvgIpc) is 3.14. The van der Waals surface area contributed by atoms with Gasteiger partial charge in [0.25, 0.3) is 0 Å². The number of rotatable bonds is 5. The van der Waals surface area contributed by atoms with Crippen molar-refractivity contribution in [3.8, 4) is 0 Å². The minimum absolute atomic E-state index is 0.103. The van der Waals surface area contributed by atoms with E-state index in [1.807, 2.05) is 0 Å². The zero-order valence-electron chi connectivity index (χ0n) is 14.2. The van der Waals surface area contributed by atoms with Crippen molar-refractivity contribution < 1.29 is 33.3 Å². The molecule has 10 heteroatoms. The van der Waals surface area contributed by atoms with E-state index in [2.05, 4.69) is 4.98 Å². The zero-order valence-corrected chi connectivity index (χ0v) is 14.2. The molecule has 10 nitrogen and oxygen atoms in total. The Bertz CT molecular complexity index is 886. The molecule has 1 fully saturated rings. The molecule has 2 aromatic rings. The highest BCUT2D eigenvalue weighted by Gasteiger charge is 2.39. The minimum atomic E-state index is -0.753. The molecule has 1 N–H and O–H groups in total. The Morgan fingerprint density at radius 3 is 2.81 bits per heavy atom. The van der Waals surface area contributed by atoms with Gasteiger partial charge in [-0.15, -0.1) is 0 Å². The SMILES string of the molecule is CC(=O)OC[C@H]1O[C@@H](n2cc3cc(CO)oc3nc2=O)C[C@@H]1OC(C)=O. The normalized spacial score (nSPS) is 22.5. The van der Waals surface area contributed by atoms with Crippen LogP contribution in [-0.2, 0) is 30.4 Å². The molecule has 3 heterocycles. The molecule has 3 atom stereocenters. The molecular weight excluding hydrogens is 348 g/mol. The number of hydrogen-bond acceptors (Lipinski definition) is 9. The Balaban J connectivity index is 1.87. The summed E-state index contributed by atoms with van der Waals surface area (Å²) < 4.78 is 22.4. The van der Waals surface area contributed by atoms with Crippen molar-refractivity contribution in [2.45, 2.75) is 45.3 Å². The van der Waals surface area contributed by atoms with E-state index in [0.717, 1.165) is 0 Å². The summed E-state index contributed by atoms with van der Waals surface area (Å²) in [5.41, 5.74) is -0.502. The van der Waals surface area contributed by atoms with E-state index in [0.29, 0.717) is 5.39 Å². The van der Waals surface area contributed by atoms with Crippen LogP contribution in [0.2, 0.25) is 0 Å². The molecule has 1 saturated heterocycles. The lowest BCUT2D eigenvalue weighted by atomic mass is 10.2. The van der Waals surface area contributed by atoms with Gasteiger partial charge in [-0.1, -0.05) is 0 Å². The molecule has 0 radical (unpaired) electrons. The zero-order chi connectivity index (χ0) is 18.8. The second-order valence-corrected chi connectivity index (χ2v) is 5.88. The lowest BCUT2D eigenvalue weighted by molar-refractivity contribution is -0.155. The van der Waals surface area contributed by atoms with Gasteiger partial charge in [-0.05, 0) is 6.07 Å². The smallest absolute Gasteiger partial charge is 0.353 e. The predicted octanol–water partition coefficient (Wildman–Crippen LogP) is 0.264. The number of fused-ring (bicyclic) bond motifs is 1. The Morgan fingerprint density at radius 1 is 1.38 bits per heavy atom. The van der Waals surface area contributed by atoms with E-state index in [1.54, 1.807) is 6.07 Å². The summed E-state index contributed by atoms with van der Waals surface area (Å²) in [6.07, 6.45) is -0.429. The van der Waals surface area contributed by atoms with E-state index in [9.17, 15) is 14.4 Å². The lowest BCUT2D eigenvalue weighted by Crippen LogP contribution is -2.31. The van der Waals surface area contributed by atoms with Gasteiger partial charge < -0.3 is 23.7 Å². The summed E-state index contributed by atoms with van der Waals surface area (Å²) >= 11 is 0. The van der Waals surface area contributed by atoms with Crippen molar-refractivity contribution in [2.24, 2.45) is 0 Å². The van der Waals surface area contributed by atoms with Gasteiger partial charge in [0.2, 0.25) is 5.71 Å². The maximum absolute atomic E-state index is 12.3. The van der Waals surface area contributed by atoms with Gasteiger partial charge in [0.05, 0.1) is 5.39 Å². The number of carbonyl (C=O) groups is 2. The Kier molecular flexibility index (Phi) is 5.05. The molecule has 0 aliphatic carbocycles. The molecule has 0 bridgehead atoms. The molecule has 0 aromatic carbocycles. The van der Waals surface area contributed by atoms with Crippen molar-refractivity contribution in [3.05, 3.63) is 28.5 Å². The predicted molar refractivity (Wildman–Crippen MR) is 84.9 cm³/mol. The van der Waals surface area contributed by atoms with E-state index in [-0.39, 0.29) is 31.1 Å². The first-order chi connectivity index (χ1) is 12.4. The number of hydrogen-bond donors (Lipinski definition) is 1. The van der Waals surface area contributed by atoms with Crippen LogP contribution in [0, 0.1) is 0 Å². The summed E-state index contributed by atoms with van der Waals surface area (Å²) in [5.74, 6) is -0.716. The number of carbonyl (C=O) groups excluding carboxylic acids is 2. The van der Waals surface area contributed by atoms with Crippen LogP contribution in [0.3, 0.4) is 0 Å². The maximum atomic E-state index is 12.3. The molecule has 26 heavy (non-hydrogen) atoms. The van der Waals surface area contributed by atoms with Gasteiger partial charge in [-0.25, -0.2) is 4.79 Å². The fraction of sp³-hybridized carbons (Fsp3) is 0.500. The number of furan rings is 1. The third kappa shape index (κ3) is 3.75. The van der Waals surface area contributed by atoms with Crippen LogP contribution in [0.4, 0.5) is 0 Å². The van der Waals surface area contributed by atoms with Crippen molar-refractivity contribution >= 4 is 23.0 Å². The van der Waals surface area contributed by atoms with E-state index < -0.39 is 36.1 Å². The average molecular weight is 366 g/mol. The van der Waals surface area contributed by atoms with Crippen LogP contribution < -0.4 is 5.69 Å². The van der Waals surface area contributed by atoms with Gasteiger partial charge in [-0.2, -0.15) is 4.98 Å². The van der Waals surface area contributed by atoms with Crippen molar-refractivity contribution in [3.63, 3.8) is 0 Å². The topological polar surface area (TPSA) is 130 Å². The van der Waals surface area contributed by atoms with Crippen LogP contribution in [0.25, 0.3) is 11.1 Å². The quantitative estimate of drug-likeness (QED) is 0.741. The Morgan fingerprint density at radius 2 is 2.15 bits per heavy atom. The molecule has 0 saturated carbocycles. The second kappa shape index (κ2) is 7.26. The first-order valence-electron chi connectivity index (χ1n) is 7.96. The number of aliphatic hydroxyl groups is 1. The molecule has 0 spiro atoms. The first kappa shape index (κ1) is 18.1. The third-order valence-corrected chi connectivity index (χ3v) is 3.90. The van der Waals surface area contributed by atoms with E-state index in [1.165, 1.54) is 24.6 Å². The van der Waals surface area contributed by atoms with Crippen LogP contribution >= 0.6 is 0 Å². The summed E-state index contributed by atoms with van der Waals surface area (Å²) in [6.45, 7) is 2.10. The fourth-order valence-electron chi connectivity index (χ4n) is 2.82. The molecule has 2 aromatic heterocycles. The van der Waals surface area contributed by atoms with Crippen molar-refractivity contribution in [2.75, 3.05) is 6.61 Å². The number of nitrogens with zero attached hydrogens (tertiary/aromatic N) is 2. The van der Waals surface area contributed by atoms with Crippen molar-refractivity contribution in [1.82, 2.24) is 9.55 Å². The van der Waals surface area contributed by atoms with Crippen molar-refractivity contribution in [1.29, 1.82) is 0 Å². The summed E-state index contributed by atoms with van der Waals surface area (Å²) in [5, 5.41) is 9.64. The molecule has 0 amide bonds. The van der Waals surface area contributed by atoms with Gasteiger partial charge in [0.1, 0.15) is 37.4 Å². The Hall–Kier alpha value is -2.72. The molecule has 1 aliphatic heterocycles. The monoisotopic (exact) mass is 366 g/mol. The fourth-order valence-corrected chi connectivity index (χ4v) is 2.82. The minimum Gasteiger partial charge on any atom is -0.463 e. The molecule has 0 unspecified atom stereocenters. The lowest BCUT2D eigenvalue weighted by Gasteiger charge is -2.17. The number of aliphatic hydroxyl groups excluding tert-OH is 1. The molecular formula is C16H18N2O8. The van der Waals surface area contributed by atoms with E-state index >= 15 is 0 Å². The van der Waals surface area contributed by atoms with Gasteiger partial charge in [0, 0.05) is 26.5 Å². The number of aromatic nitrogens is 2. The standard InChI is InChI=1S/C16H18N2O8/c1-8(20)23-7-13-12(24-9(2)21)4-14(26-13)18-5-10-3-11(6-19)25-15(10)17-16(18)22/h3,5,12-14,19H,4,6-7H2,1-2H3/t12-,13+,14+/m0/s1. The van der Waals surface area contributed by atoms with Gasteiger partial charge >= 0.3 is 17.6 Å². The number of ether oxygens (including phenoxy) is 3. The molecule has 140 valence electrons. The largest absolute Gasteiger partial charge is 0.463 e. The summed E-state index contributed by atoms with van der Waals surface area (Å²) in [4.78, 5) is 38.4. The highest BCUT2D eigenvalue weighted by molar-refractivity contribution is 5.72. The van der Waals surface area contributed by atoms with Gasteiger partial charge in [0.15, 0.2) is 0 Å². The highest BCUT2D eigenvalue weighted by Crippen LogP contribution is 2.31. The summed E-state index contributed by atoms with van der Waals surface area (Å²) in [7, 11) is 0. The third-order valence-electron chi connectivity index (χ3n) is 3.90. The highest BCUT2D eigenvalue weighted by atomic mass is 16.6.